The van der Waals surface area contributed by atoms with Gasteiger partial charge in [-0.2, -0.15) is 0 Å². The minimum absolute atomic E-state index is 0.146. The summed E-state index contributed by atoms with van der Waals surface area (Å²) < 4.78 is 28.2. The fraction of sp³-hybridized carbons (Fsp3) is 0.562. The average molecular weight is 343 g/mol. The summed E-state index contributed by atoms with van der Waals surface area (Å²) in [5.41, 5.74) is 0.878. The van der Waals surface area contributed by atoms with E-state index in [1.54, 1.807) is 6.92 Å². The topological polar surface area (TPSA) is 73.9 Å². The van der Waals surface area contributed by atoms with Gasteiger partial charge in [0.2, 0.25) is 0 Å². The molecule has 130 valence electrons. The smallest absolute Gasteiger partial charge is 0.408 e. The Kier molecular flexibility index (Phi) is 8.31. The molecule has 1 aromatic carbocycles. The Bertz CT molecular complexity index is 520. The standard InChI is InChI=1S/C16H26NO5P/c1-5-22-23(19,20-4)15(11-13(2)3)17-16(18)21-12-14-9-7-6-8-10-14/h6-10,13,15H,5,11-12H2,1-4H3,(H,17,18)/t15-,23?/m1/s1. The first kappa shape index (κ1) is 19.7. The first-order valence-corrected chi connectivity index (χ1v) is 9.29. The van der Waals surface area contributed by atoms with Gasteiger partial charge in [-0.05, 0) is 24.8 Å². The third kappa shape index (κ3) is 6.73. The number of hydrogen-bond acceptors (Lipinski definition) is 5. The van der Waals surface area contributed by atoms with Gasteiger partial charge in [-0.25, -0.2) is 4.79 Å². The van der Waals surface area contributed by atoms with Crippen molar-refractivity contribution in [2.75, 3.05) is 13.7 Å². The first-order valence-electron chi connectivity index (χ1n) is 7.68. The van der Waals surface area contributed by atoms with Gasteiger partial charge in [0, 0.05) is 7.11 Å². The van der Waals surface area contributed by atoms with E-state index in [0.29, 0.717) is 6.42 Å². The number of nitrogens with one attached hydrogen (secondary N) is 1. The Morgan fingerprint density at radius 1 is 1.26 bits per heavy atom. The van der Waals surface area contributed by atoms with Gasteiger partial charge in [-0.15, -0.1) is 0 Å². The molecule has 0 saturated carbocycles. The number of amides is 1. The average Bonchev–Trinajstić information content (AvgIpc) is 2.53. The molecule has 0 aromatic heterocycles. The lowest BCUT2D eigenvalue weighted by molar-refractivity contribution is 0.134. The molecule has 1 unspecified atom stereocenters. The lowest BCUT2D eigenvalue weighted by Crippen LogP contribution is -2.37. The van der Waals surface area contributed by atoms with E-state index >= 15 is 0 Å². The minimum Gasteiger partial charge on any atom is -0.445 e. The molecular weight excluding hydrogens is 317 g/mol. The molecule has 0 aliphatic heterocycles. The van der Waals surface area contributed by atoms with Crippen molar-refractivity contribution < 1.29 is 23.1 Å². The molecule has 0 radical (unpaired) electrons. The molecule has 2 atom stereocenters. The molecule has 23 heavy (non-hydrogen) atoms. The van der Waals surface area contributed by atoms with Crippen LogP contribution in [0.1, 0.15) is 32.8 Å². The van der Waals surface area contributed by atoms with E-state index in [0.717, 1.165) is 5.56 Å². The van der Waals surface area contributed by atoms with Crippen molar-refractivity contribution in [3.8, 4) is 0 Å². The summed E-state index contributed by atoms with van der Waals surface area (Å²) in [4.78, 5) is 12.0. The molecule has 0 fully saturated rings. The van der Waals surface area contributed by atoms with Gasteiger partial charge >= 0.3 is 13.7 Å². The molecule has 7 heteroatoms. The number of hydrogen-bond donors (Lipinski definition) is 1. The summed E-state index contributed by atoms with van der Waals surface area (Å²) in [5, 5.41) is 2.62. The van der Waals surface area contributed by atoms with Crippen LogP contribution in [0.5, 0.6) is 0 Å². The second-order valence-corrected chi connectivity index (χ2v) is 7.82. The Hall–Kier alpha value is -1.36. The summed E-state index contributed by atoms with van der Waals surface area (Å²) in [5.74, 6) is -0.533. The van der Waals surface area contributed by atoms with Crippen molar-refractivity contribution in [2.24, 2.45) is 5.92 Å². The van der Waals surface area contributed by atoms with Crippen LogP contribution >= 0.6 is 7.60 Å². The van der Waals surface area contributed by atoms with E-state index in [-0.39, 0.29) is 19.1 Å². The van der Waals surface area contributed by atoms with Crippen LogP contribution in [0.4, 0.5) is 4.79 Å². The number of alkyl carbamates (subject to hydrolysis) is 1. The van der Waals surface area contributed by atoms with Crippen molar-refractivity contribution in [1.82, 2.24) is 5.32 Å². The van der Waals surface area contributed by atoms with E-state index in [1.807, 2.05) is 44.2 Å². The lowest BCUT2D eigenvalue weighted by Gasteiger charge is -2.27. The lowest BCUT2D eigenvalue weighted by atomic mass is 10.1. The molecule has 1 rings (SSSR count). The van der Waals surface area contributed by atoms with Crippen LogP contribution in [-0.2, 0) is 25.0 Å². The summed E-state index contributed by atoms with van der Waals surface area (Å²) in [7, 11) is -2.11. The highest BCUT2D eigenvalue weighted by atomic mass is 31.2. The summed E-state index contributed by atoms with van der Waals surface area (Å²) in [6.45, 7) is 6.05. The highest BCUT2D eigenvalue weighted by molar-refractivity contribution is 7.54. The largest absolute Gasteiger partial charge is 0.445 e. The Morgan fingerprint density at radius 2 is 1.91 bits per heavy atom. The molecule has 6 nitrogen and oxygen atoms in total. The predicted octanol–water partition coefficient (Wildman–Crippen LogP) is 4.16. The van der Waals surface area contributed by atoms with Crippen LogP contribution in [0.15, 0.2) is 30.3 Å². The van der Waals surface area contributed by atoms with Crippen molar-refractivity contribution in [2.45, 2.75) is 39.6 Å². The molecule has 0 bridgehead atoms. The molecule has 0 spiro atoms. The van der Waals surface area contributed by atoms with Crippen molar-refractivity contribution in [3.63, 3.8) is 0 Å². The van der Waals surface area contributed by atoms with Gasteiger partial charge in [0.25, 0.3) is 0 Å². The molecular formula is C16H26NO5P. The van der Waals surface area contributed by atoms with E-state index < -0.39 is 19.5 Å². The maximum atomic E-state index is 12.7. The monoisotopic (exact) mass is 343 g/mol. The number of carbonyl (C=O) groups is 1. The van der Waals surface area contributed by atoms with Crippen LogP contribution in [0, 0.1) is 5.92 Å². The molecule has 0 aliphatic rings. The maximum Gasteiger partial charge on any atom is 0.408 e. The summed E-state index contributed by atoms with van der Waals surface area (Å²) in [6, 6.07) is 9.34. The zero-order chi connectivity index (χ0) is 17.3. The van der Waals surface area contributed by atoms with Crippen LogP contribution < -0.4 is 5.32 Å². The highest BCUT2D eigenvalue weighted by Gasteiger charge is 2.36. The normalized spacial score (nSPS) is 15.0. The van der Waals surface area contributed by atoms with Crippen LogP contribution in [0.2, 0.25) is 0 Å². The van der Waals surface area contributed by atoms with Gasteiger partial charge in [0.1, 0.15) is 12.4 Å². The SMILES string of the molecule is CCOP(=O)(OC)[C@H](CC(C)C)NC(=O)OCc1ccccc1. The zero-order valence-corrected chi connectivity index (χ0v) is 15.0. The number of carbonyl (C=O) groups excluding carboxylic acids is 1. The number of rotatable bonds is 9. The van der Waals surface area contributed by atoms with E-state index in [1.165, 1.54) is 7.11 Å². The third-order valence-corrected chi connectivity index (χ3v) is 5.37. The van der Waals surface area contributed by atoms with Gasteiger partial charge in [-0.1, -0.05) is 44.2 Å². The highest BCUT2D eigenvalue weighted by Crippen LogP contribution is 2.53. The maximum absolute atomic E-state index is 12.7. The van der Waals surface area contributed by atoms with Crippen LogP contribution in [0.3, 0.4) is 0 Å². The quantitative estimate of drug-likeness (QED) is 0.682. The molecule has 0 heterocycles. The van der Waals surface area contributed by atoms with Crippen LogP contribution in [-0.4, -0.2) is 25.6 Å². The Labute approximate surface area is 138 Å². The van der Waals surface area contributed by atoms with Crippen LogP contribution in [0.25, 0.3) is 0 Å². The second kappa shape index (κ2) is 9.71. The summed E-state index contributed by atoms with van der Waals surface area (Å²) in [6.07, 6.45) is -0.178. The Morgan fingerprint density at radius 3 is 2.43 bits per heavy atom. The van der Waals surface area contributed by atoms with Gasteiger partial charge in [0.15, 0.2) is 0 Å². The van der Waals surface area contributed by atoms with Gasteiger partial charge < -0.3 is 19.1 Å². The fourth-order valence-electron chi connectivity index (χ4n) is 2.06. The molecule has 0 saturated heterocycles. The zero-order valence-electron chi connectivity index (χ0n) is 14.2. The molecule has 0 aliphatic carbocycles. The molecule has 1 N–H and O–H groups in total. The van der Waals surface area contributed by atoms with E-state index in [2.05, 4.69) is 5.32 Å². The Balaban J connectivity index is 2.68. The number of benzene rings is 1. The van der Waals surface area contributed by atoms with E-state index in [4.69, 9.17) is 13.8 Å². The summed E-state index contributed by atoms with van der Waals surface area (Å²) >= 11 is 0. The van der Waals surface area contributed by atoms with Gasteiger partial charge in [-0.3, -0.25) is 4.57 Å². The van der Waals surface area contributed by atoms with Crippen molar-refractivity contribution in [3.05, 3.63) is 35.9 Å². The first-order chi connectivity index (χ1) is 10.9. The van der Waals surface area contributed by atoms with Gasteiger partial charge in [0.05, 0.1) is 6.61 Å². The van der Waals surface area contributed by atoms with Crippen molar-refractivity contribution in [1.29, 1.82) is 0 Å². The van der Waals surface area contributed by atoms with Crippen molar-refractivity contribution >= 4 is 13.7 Å². The molecule has 1 amide bonds. The predicted molar refractivity (Wildman–Crippen MR) is 89.2 cm³/mol. The minimum atomic E-state index is -3.43. The number of ether oxygens (including phenoxy) is 1. The fourth-order valence-corrected chi connectivity index (χ4v) is 3.91. The molecule has 1 aromatic rings. The van der Waals surface area contributed by atoms with E-state index in [9.17, 15) is 9.36 Å². The second-order valence-electron chi connectivity index (χ2n) is 5.49. The third-order valence-electron chi connectivity index (χ3n) is 3.14.